The Balaban J connectivity index is 2.95. The third-order valence-corrected chi connectivity index (χ3v) is 1.53. The number of hydrogen-bond acceptors (Lipinski definition) is 3. The van der Waals surface area contributed by atoms with Gasteiger partial charge in [0.2, 0.25) is 6.20 Å². The topological polar surface area (TPSA) is 56.0 Å². The molecule has 0 aromatic carbocycles. The molecule has 0 aliphatic heterocycles. The van der Waals surface area contributed by atoms with Crippen LogP contribution in [-0.2, 0) is 0 Å². The van der Waals surface area contributed by atoms with E-state index in [1.54, 1.807) is 19.1 Å². The molecule has 68 valence electrons. The van der Waals surface area contributed by atoms with Gasteiger partial charge in [-0.3, -0.25) is 10.1 Å². The van der Waals surface area contributed by atoms with Crippen molar-refractivity contribution in [3.63, 3.8) is 0 Å². The van der Waals surface area contributed by atoms with E-state index in [4.69, 9.17) is 11.6 Å². The standard InChI is InChI=1S/C8H7ClN2O2/c1-6-4-7(2-3-11(12)13)5-8(9)10-6/h2-5H,1H3/b3-2+. The molecule has 0 bridgehead atoms. The van der Waals surface area contributed by atoms with Crippen molar-refractivity contribution >= 4 is 17.7 Å². The van der Waals surface area contributed by atoms with E-state index in [0.717, 1.165) is 11.9 Å². The van der Waals surface area contributed by atoms with E-state index in [1.807, 2.05) is 0 Å². The number of pyridine rings is 1. The lowest BCUT2D eigenvalue weighted by Crippen LogP contribution is -1.86. The Morgan fingerprint density at radius 3 is 2.85 bits per heavy atom. The highest BCUT2D eigenvalue weighted by Crippen LogP contribution is 2.11. The molecule has 0 fully saturated rings. The fraction of sp³-hybridized carbons (Fsp3) is 0.125. The van der Waals surface area contributed by atoms with E-state index < -0.39 is 4.92 Å². The number of aryl methyl sites for hydroxylation is 1. The zero-order chi connectivity index (χ0) is 9.84. The largest absolute Gasteiger partial charge is 0.259 e. The van der Waals surface area contributed by atoms with Gasteiger partial charge in [-0.05, 0) is 24.6 Å². The van der Waals surface area contributed by atoms with Crippen molar-refractivity contribution in [2.24, 2.45) is 0 Å². The third-order valence-electron chi connectivity index (χ3n) is 1.33. The molecule has 0 aliphatic carbocycles. The third kappa shape index (κ3) is 3.21. The molecule has 0 unspecified atom stereocenters. The van der Waals surface area contributed by atoms with Gasteiger partial charge >= 0.3 is 0 Å². The van der Waals surface area contributed by atoms with Crippen molar-refractivity contribution < 1.29 is 4.92 Å². The molecule has 0 atom stereocenters. The Kier molecular flexibility index (Phi) is 2.97. The van der Waals surface area contributed by atoms with Crippen molar-refractivity contribution in [3.05, 3.63) is 44.9 Å². The van der Waals surface area contributed by atoms with Crippen LogP contribution in [0.5, 0.6) is 0 Å². The summed E-state index contributed by atoms with van der Waals surface area (Å²) in [6, 6.07) is 3.28. The predicted octanol–water partition coefficient (Wildman–Crippen LogP) is 2.29. The summed E-state index contributed by atoms with van der Waals surface area (Å²) in [4.78, 5) is 13.4. The van der Waals surface area contributed by atoms with Gasteiger partial charge in [-0.2, -0.15) is 0 Å². The number of nitrogens with zero attached hydrogens (tertiary/aromatic N) is 2. The fourth-order valence-corrected chi connectivity index (χ4v) is 1.16. The predicted molar refractivity (Wildman–Crippen MR) is 50.0 cm³/mol. The Hall–Kier alpha value is -1.42. The molecule has 0 aliphatic rings. The van der Waals surface area contributed by atoms with Gasteiger partial charge in [-0.1, -0.05) is 11.6 Å². The van der Waals surface area contributed by atoms with Gasteiger partial charge in [0, 0.05) is 11.8 Å². The van der Waals surface area contributed by atoms with Gasteiger partial charge in [0.05, 0.1) is 4.92 Å². The molecule has 0 saturated carbocycles. The first-order valence-corrected chi connectivity index (χ1v) is 3.91. The van der Waals surface area contributed by atoms with Crippen LogP contribution in [0.15, 0.2) is 18.3 Å². The van der Waals surface area contributed by atoms with Crippen molar-refractivity contribution in [1.82, 2.24) is 4.98 Å². The van der Waals surface area contributed by atoms with Gasteiger partial charge in [-0.25, -0.2) is 4.98 Å². The molecule has 1 heterocycles. The fourth-order valence-electron chi connectivity index (χ4n) is 0.897. The highest BCUT2D eigenvalue weighted by atomic mass is 35.5. The van der Waals surface area contributed by atoms with Crippen LogP contribution in [0.25, 0.3) is 6.08 Å². The maximum absolute atomic E-state index is 10.0. The van der Waals surface area contributed by atoms with Crippen LogP contribution in [0.4, 0.5) is 0 Å². The van der Waals surface area contributed by atoms with E-state index in [9.17, 15) is 10.1 Å². The molecule has 0 amide bonds. The van der Waals surface area contributed by atoms with Crippen LogP contribution in [0, 0.1) is 17.0 Å². The molecule has 0 N–H and O–H groups in total. The summed E-state index contributed by atoms with van der Waals surface area (Å²) in [5.41, 5.74) is 1.41. The first-order chi connectivity index (χ1) is 6.08. The molecule has 1 rings (SSSR count). The monoisotopic (exact) mass is 198 g/mol. The van der Waals surface area contributed by atoms with E-state index in [-0.39, 0.29) is 0 Å². The van der Waals surface area contributed by atoms with Crippen LogP contribution < -0.4 is 0 Å². The van der Waals surface area contributed by atoms with Crippen LogP contribution >= 0.6 is 11.6 Å². The van der Waals surface area contributed by atoms with Crippen molar-refractivity contribution in [2.45, 2.75) is 6.92 Å². The molecule has 1 aromatic rings. The maximum Gasteiger partial charge on any atom is 0.235 e. The molecule has 13 heavy (non-hydrogen) atoms. The first kappa shape index (κ1) is 9.67. The molecule has 5 heteroatoms. The molecule has 0 spiro atoms. The van der Waals surface area contributed by atoms with Crippen molar-refractivity contribution in [1.29, 1.82) is 0 Å². The maximum atomic E-state index is 10.0. The van der Waals surface area contributed by atoms with E-state index in [1.165, 1.54) is 6.08 Å². The van der Waals surface area contributed by atoms with E-state index >= 15 is 0 Å². The minimum Gasteiger partial charge on any atom is -0.259 e. The first-order valence-electron chi connectivity index (χ1n) is 3.54. The van der Waals surface area contributed by atoms with E-state index in [2.05, 4.69) is 4.98 Å². The number of rotatable bonds is 2. The average Bonchev–Trinajstić information content (AvgIpc) is 1.99. The number of nitro groups is 1. The number of halogens is 1. The zero-order valence-corrected chi connectivity index (χ0v) is 7.65. The highest BCUT2D eigenvalue weighted by Gasteiger charge is 1.96. The van der Waals surface area contributed by atoms with Gasteiger partial charge in [0.1, 0.15) is 5.15 Å². The quantitative estimate of drug-likeness (QED) is 0.416. The lowest BCUT2D eigenvalue weighted by atomic mass is 10.2. The van der Waals surface area contributed by atoms with Crippen molar-refractivity contribution in [2.75, 3.05) is 0 Å². The second-order valence-corrected chi connectivity index (χ2v) is 2.85. The minimum absolute atomic E-state index is 0.336. The normalized spacial score (nSPS) is 10.6. The summed E-state index contributed by atoms with van der Waals surface area (Å²) in [6.07, 6.45) is 2.24. The Labute approximate surface area is 80.0 Å². The lowest BCUT2D eigenvalue weighted by molar-refractivity contribution is -0.400. The number of aromatic nitrogens is 1. The second kappa shape index (κ2) is 4.00. The summed E-state index contributed by atoms with van der Waals surface area (Å²) >= 11 is 5.65. The highest BCUT2D eigenvalue weighted by molar-refractivity contribution is 6.29. The molecule has 1 aromatic heterocycles. The van der Waals surface area contributed by atoms with Gasteiger partial charge in [0.25, 0.3) is 0 Å². The molecule has 0 radical (unpaired) electrons. The summed E-state index contributed by atoms with van der Waals surface area (Å²) in [6.45, 7) is 1.77. The van der Waals surface area contributed by atoms with E-state index in [0.29, 0.717) is 10.7 Å². The van der Waals surface area contributed by atoms with Gasteiger partial charge < -0.3 is 0 Å². The van der Waals surface area contributed by atoms with Crippen LogP contribution in [0.3, 0.4) is 0 Å². The molecule has 4 nitrogen and oxygen atoms in total. The summed E-state index contributed by atoms with van der Waals surface area (Å²) in [5.74, 6) is 0. The molecular weight excluding hydrogens is 192 g/mol. The SMILES string of the molecule is Cc1cc(/C=C/[N+](=O)[O-])cc(Cl)n1. The summed E-state index contributed by atoms with van der Waals surface area (Å²) in [5, 5.41) is 10.3. The van der Waals surface area contributed by atoms with Crippen LogP contribution in [0.1, 0.15) is 11.3 Å². The Morgan fingerprint density at radius 1 is 1.62 bits per heavy atom. The smallest absolute Gasteiger partial charge is 0.235 e. The van der Waals surface area contributed by atoms with Gasteiger partial charge in [0.15, 0.2) is 0 Å². The molecular formula is C8H7ClN2O2. The van der Waals surface area contributed by atoms with Gasteiger partial charge in [-0.15, -0.1) is 0 Å². The zero-order valence-electron chi connectivity index (χ0n) is 6.90. The lowest BCUT2D eigenvalue weighted by Gasteiger charge is -1.95. The minimum atomic E-state index is -0.524. The average molecular weight is 199 g/mol. The summed E-state index contributed by atoms with van der Waals surface area (Å²) in [7, 11) is 0. The Bertz CT molecular complexity index is 343. The number of hydrogen-bond donors (Lipinski definition) is 0. The second-order valence-electron chi connectivity index (χ2n) is 2.47. The van der Waals surface area contributed by atoms with Crippen molar-refractivity contribution in [3.8, 4) is 0 Å². The Morgan fingerprint density at radius 2 is 2.31 bits per heavy atom. The molecule has 0 saturated heterocycles. The van der Waals surface area contributed by atoms with Crippen LogP contribution in [0.2, 0.25) is 5.15 Å². The van der Waals surface area contributed by atoms with Crippen LogP contribution in [-0.4, -0.2) is 9.91 Å². The summed E-state index contributed by atoms with van der Waals surface area (Å²) < 4.78 is 0.